The van der Waals surface area contributed by atoms with E-state index in [0.717, 1.165) is 59.9 Å². The Labute approximate surface area is 183 Å². The van der Waals surface area contributed by atoms with E-state index in [1.165, 1.54) is 0 Å². The Morgan fingerprint density at radius 3 is 2.48 bits per heavy atom. The highest BCUT2D eigenvalue weighted by Gasteiger charge is 2.26. The standard InChI is InChI=1S/C24H29N5O2/c1-16-12-17(2)14-21(13-16)31-23-7-5-6-22(25-23)24-19(4)26-27-29(24)20-8-10-28(11-9-20)15-18(3)30/h5-7,12-14,20H,8-11,15H2,1-4H3. The van der Waals surface area contributed by atoms with Crippen LogP contribution in [0.3, 0.4) is 0 Å². The summed E-state index contributed by atoms with van der Waals surface area (Å²) >= 11 is 0. The van der Waals surface area contributed by atoms with Crippen LogP contribution in [0.25, 0.3) is 11.4 Å². The molecule has 2 aromatic heterocycles. The second-order valence-electron chi connectivity index (χ2n) is 8.46. The predicted octanol–water partition coefficient (Wildman–Crippen LogP) is 4.28. The number of aromatic nitrogens is 4. The Kier molecular flexibility index (Phi) is 6.13. The molecule has 1 aliphatic heterocycles. The van der Waals surface area contributed by atoms with Crippen LogP contribution in [0, 0.1) is 20.8 Å². The maximum absolute atomic E-state index is 11.4. The number of carbonyl (C=O) groups excluding carboxylic acids is 1. The van der Waals surface area contributed by atoms with Crippen molar-refractivity contribution in [2.45, 2.75) is 46.6 Å². The zero-order valence-electron chi connectivity index (χ0n) is 18.6. The molecule has 7 nitrogen and oxygen atoms in total. The van der Waals surface area contributed by atoms with Crippen LogP contribution in [0.1, 0.15) is 42.6 Å². The summed E-state index contributed by atoms with van der Waals surface area (Å²) in [5, 5.41) is 8.78. The maximum Gasteiger partial charge on any atom is 0.219 e. The molecule has 7 heteroatoms. The van der Waals surface area contributed by atoms with Gasteiger partial charge in [0.25, 0.3) is 0 Å². The highest BCUT2D eigenvalue weighted by atomic mass is 16.5. The number of Topliss-reactive ketones (excluding diaryl/α,β-unsaturated/α-hetero) is 1. The molecule has 4 rings (SSSR count). The van der Waals surface area contributed by atoms with Gasteiger partial charge in [-0.05, 0) is 69.9 Å². The van der Waals surface area contributed by atoms with Gasteiger partial charge in [0.1, 0.15) is 17.2 Å². The lowest BCUT2D eigenvalue weighted by molar-refractivity contribution is -0.118. The number of aryl methyl sites for hydroxylation is 3. The third-order valence-corrected chi connectivity index (χ3v) is 5.60. The minimum absolute atomic E-state index is 0.209. The minimum atomic E-state index is 0.209. The molecule has 1 saturated heterocycles. The smallest absolute Gasteiger partial charge is 0.219 e. The Bertz CT molecular complexity index is 1060. The van der Waals surface area contributed by atoms with Crippen molar-refractivity contribution in [3.8, 4) is 23.0 Å². The molecule has 0 N–H and O–H groups in total. The van der Waals surface area contributed by atoms with E-state index >= 15 is 0 Å². The number of ether oxygens (including phenoxy) is 1. The third-order valence-electron chi connectivity index (χ3n) is 5.60. The molecule has 0 spiro atoms. The van der Waals surface area contributed by atoms with Gasteiger partial charge < -0.3 is 4.74 Å². The van der Waals surface area contributed by atoms with Crippen LogP contribution < -0.4 is 4.74 Å². The molecule has 31 heavy (non-hydrogen) atoms. The van der Waals surface area contributed by atoms with E-state index in [1.54, 1.807) is 6.92 Å². The molecule has 0 aliphatic carbocycles. The van der Waals surface area contributed by atoms with Gasteiger partial charge >= 0.3 is 0 Å². The van der Waals surface area contributed by atoms with Crippen molar-refractivity contribution in [2.24, 2.45) is 0 Å². The van der Waals surface area contributed by atoms with Gasteiger partial charge in [-0.25, -0.2) is 9.67 Å². The summed E-state index contributed by atoms with van der Waals surface area (Å²) in [6, 6.07) is 12.2. The summed E-state index contributed by atoms with van der Waals surface area (Å²) in [5.74, 6) is 1.54. The number of piperidine rings is 1. The molecule has 3 heterocycles. The van der Waals surface area contributed by atoms with Crippen LogP contribution in [-0.2, 0) is 4.79 Å². The molecule has 3 aromatic rings. The van der Waals surface area contributed by atoms with Crippen LogP contribution in [0.15, 0.2) is 36.4 Å². The number of hydrogen-bond acceptors (Lipinski definition) is 6. The summed E-state index contributed by atoms with van der Waals surface area (Å²) in [5.41, 5.74) is 4.88. The predicted molar refractivity (Wildman–Crippen MR) is 119 cm³/mol. The number of carbonyl (C=O) groups is 1. The highest BCUT2D eigenvalue weighted by Crippen LogP contribution is 2.31. The average Bonchev–Trinajstić information content (AvgIpc) is 3.09. The summed E-state index contributed by atoms with van der Waals surface area (Å²) < 4.78 is 8.06. The molecule has 0 amide bonds. The number of nitrogens with zero attached hydrogens (tertiary/aromatic N) is 5. The molecule has 0 bridgehead atoms. The van der Waals surface area contributed by atoms with Gasteiger partial charge in [-0.2, -0.15) is 0 Å². The summed E-state index contributed by atoms with van der Waals surface area (Å²) in [4.78, 5) is 18.4. The largest absolute Gasteiger partial charge is 0.439 e. The fourth-order valence-electron chi connectivity index (χ4n) is 4.28. The van der Waals surface area contributed by atoms with Crippen molar-refractivity contribution in [3.63, 3.8) is 0 Å². The number of hydrogen-bond donors (Lipinski definition) is 0. The average molecular weight is 420 g/mol. The van der Waals surface area contributed by atoms with E-state index in [9.17, 15) is 4.79 Å². The van der Waals surface area contributed by atoms with E-state index in [-0.39, 0.29) is 11.8 Å². The lowest BCUT2D eigenvalue weighted by Gasteiger charge is -2.31. The quantitative estimate of drug-likeness (QED) is 0.594. The van der Waals surface area contributed by atoms with Crippen molar-refractivity contribution >= 4 is 5.78 Å². The molecule has 1 aromatic carbocycles. The highest BCUT2D eigenvalue weighted by molar-refractivity contribution is 5.77. The lowest BCUT2D eigenvalue weighted by Crippen LogP contribution is -2.37. The van der Waals surface area contributed by atoms with Crippen molar-refractivity contribution in [1.29, 1.82) is 0 Å². The van der Waals surface area contributed by atoms with Crippen molar-refractivity contribution < 1.29 is 9.53 Å². The second-order valence-corrected chi connectivity index (χ2v) is 8.46. The monoisotopic (exact) mass is 419 g/mol. The first-order valence-corrected chi connectivity index (χ1v) is 10.8. The van der Waals surface area contributed by atoms with Gasteiger partial charge in [0.15, 0.2) is 0 Å². The second kappa shape index (κ2) is 8.98. The van der Waals surface area contributed by atoms with Crippen molar-refractivity contribution in [2.75, 3.05) is 19.6 Å². The van der Waals surface area contributed by atoms with Gasteiger partial charge in [0, 0.05) is 19.2 Å². The van der Waals surface area contributed by atoms with Gasteiger partial charge in [0.2, 0.25) is 5.88 Å². The molecule has 0 saturated carbocycles. The molecule has 162 valence electrons. The molecule has 1 aliphatic rings. The van der Waals surface area contributed by atoms with E-state index in [2.05, 4.69) is 35.1 Å². The third kappa shape index (κ3) is 4.99. The Balaban J connectivity index is 1.56. The van der Waals surface area contributed by atoms with Crippen LogP contribution in [0.4, 0.5) is 0 Å². The SMILES string of the molecule is CC(=O)CN1CCC(n2nnc(C)c2-c2cccc(Oc3cc(C)cc(C)c3)n2)CC1. The number of pyridine rings is 1. The van der Waals surface area contributed by atoms with E-state index in [0.29, 0.717) is 12.4 Å². The molecule has 0 atom stereocenters. The van der Waals surface area contributed by atoms with Crippen molar-refractivity contribution in [3.05, 3.63) is 53.2 Å². The normalized spacial score (nSPS) is 15.2. The first-order chi connectivity index (χ1) is 14.9. The Morgan fingerprint density at radius 2 is 1.81 bits per heavy atom. The minimum Gasteiger partial charge on any atom is -0.439 e. The summed E-state index contributed by atoms with van der Waals surface area (Å²) in [7, 11) is 0. The van der Waals surface area contributed by atoms with E-state index in [1.807, 2.05) is 41.9 Å². The summed E-state index contributed by atoms with van der Waals surface area (Å²) in [6.45, 7) is 10.00. The van der Waals surface area contributed by atoms with Gasteiger partial charge in [-0.3, -0.25) is 9.69 Å². The zero-order chi connectivity index (χ0) is 22.0. The lowest BCUT2D eigenvalue weighted by atomic mass is 10.0. The number of rotatable bonds is 6. The fourth-order valence-corrected chi connectivity index (χ4v) is 4.28. The number of likely N-dealkylation sites (tertiary alicyclic amines) is 1. The molecular weight excluding hydrogens is 390 g/mol. The molecule has 0 unspecified atom stereocenters. The summed E-state index contributed by atoms with van der Waals surface area (Å²) in [6.07, 6.45) is 1.86. The van der Waals surface area contributed by atoms with Crippen molar-refractivity contribution in [1.82, 2.24) is 24.9 Å². The van der Waals surface area contributed by atoms with Crippen LogP contribution in [-0.4, -0.2) is 50.3 Å². The Hall–Kier alpha value is -3.06. The maximum atomic E-state index is 11.4. The Morgan fingerprint density at radius 1 is 1.10 bits per heavy atom. The molecule has 1 fully saturated rings. The van der Waals surface area contributed by atoms with E-state index < -0.39 is 0 Å². The first kappa shape index (κ1) is 21.2. The number of ketones is 1. The van der Waals surface area contributed by atoms with Crippen LogP contribution in [0.2, 0.25) is 0 Å². The van der Waals surface area contributed by atoms with E-state index in [4.69, 9.17) is 9.72 Å². The molecule has 0 radical (unpaired) electrons. The first-order valence-electron chi connectivity index (χ1n) is 10.8. The van der Waals surface area contributed by atoms with Gasteiger partial charge in [-0.15, -0.1) is 5.10 Å². The van der Waals surface area contributed by atoms with Crippen LogP contribution in [0.5, 0.6) is 11.6 Å². The van der Waals surface area contributed by atoms with Gasteiger partial charge in [-0.1, -0.05) is 17.3 Å². The van der Waals surface area contributed by atoms with Gasteiger partial charge in [0.05, 0.1) is 24.0 Å². The zero-order valence-corrected chi connectivity index (χ0v) is 18.6. The molecular formula is C24H29N5O2. The number of benzene rings is 1. The fraction of sp³-hybridized carbons (Fsp3) is 0.417. The van der Waals surface area contributed by atoms with Crippen LogP contribution >= 0.6 is 0 Å². The topological polar surface area (TPSA) is 73.1 Å².